The summed E-state index contributed by atoms with van der Waals surface area (Å²) >= 11 is 1.14. The number of thioether (sulfide) groups is 1. The normalized spacial score (nSPS) is 11.4. The molecule has 1 aromatic carbocycles. The Balaban J connectivity index is 1.91. The summed E-state index contributed by atoms with van der Waals surface area (Å²) in [6, 6.07) is 7.48. The number of aromatic amines is 1. The number of benzene rings is 1. The van der Waals surface area contributed by atoms with E-state index in [4.69, 9.17) is 4.74 Å². The Morgan fingerprint density at radius 1 is 1.06 bits per heavy atom. The third-order valence-electron chi connectivity index (χ3n) is 5.19. The van der Waals surface area contributed by atoms with Gasteiger partial charge in [-0.1, -0.05) is 57.7 Å². The van der Waals surface area contributed by atoms with Gasteiger partial charge in [0.15, 0.2) is 16.6 Å². The Labute approximate surface area is 191 Å². The molecule has 0 amide bonds. The maximum atomic E-state index is 13.0. The minimum atomic E-state index is -0.630. The Bertz CT molecular complexity index is 1250. The highest BCUT2D eigenvalue weighted by molar-refractivity contribution is 7.99. The van der Waals surface area contributed by atoms with E-state index in [2.05, 4.69) is 48.7 Å². The Morgan fingerprint density at radius 3 is 2.41 bits per heavy atom. The van der Waals surface area contributed by atoms with Crippen molar-refractivity contribution in [3.63, 3.8) is 0 Å². The number of rotatable bonds is 7. The molecule has 168 valence electrons. The average Bonchev–Trinajstić information content (AvgIpc) is 2.75. The van der Waals surface area contributed by atoms with Crippen molar-refractivity contribution in [1.29, 1.82) is 0 Å². The van der Waals surface area contributed by atoms with E-state index in [1.54, 1.807) is 6.92 Å². The standard InChI is InChI=1S/C24H27N3O4S/c1-12(2)15-7-8-16(17(10-15)13(3)4)19(28)11-32-24-26-21-20(22(29)27-24)18(23(30)31-6)9-14(5)25-21/h7-10,12-13H,11H2,1-6H3,(H,25,26,27,29). The number of hydrogen-bond acceptors (Lipinski definition) is 7. The van der Waals surface area contributed by atoms with Crippen LogP contribution in [0.5, 0.6) is 0 Å². The minimum Gasteiger partial charge on any atom is -0.465 e. The smallest absolute Gasteiger partial charge is 0.338 e. The molecule has 0 saturated carbocycles. The van der Waals surface area contributed by atoms with E-state index in [0.29, 0.717) is 17.2 Å². The number of H-pyrrole nitrogens is 1. The molecular weight excluding hydrogens is 426 g/mol. The van der Waals surface area contributed by atoms with Gasteiger partial charge in [0.2, 0.25) is 0 Å². The number of carbonyl (C=O) groups excluding carboxylic acids is 2. The number of pyridine rings is 1. The van der Waals surface area contributed by atoms with E-state index in [1.807, 2.05) is 12.1 Å². The van der Waals surface area contributed by atoms with E-state index in [1.165, 1.54) is 18.7 Å². The molecule has 0 aliphatic rings. The number of ketones is 1. The molecule has 0 aliphatic carbocycles. The molecule has 1 N–H and O–H groups in total. The number of aromatic nitrogens is 3. The highest BCUT2D eigenvalue weighted by atomic mass is 32.2. The van der Waals surface area contributed by atoms with Gasteiger partial charge < -0.3 is 9.72 Å². The zero-order chi connectivity index (χ0) is 23.6. The van der Waals surface area contributed by atoms with E-state index < -0.39 is 11.5 Å². The number of nitrogens with zero attached hydrogens (tertiary/aromatic N) is 2. The van der Waals surface area contributed by atoms with Crippen LogP contribution in [0.25, 0.3) is 11.0 Å². The van der Waals surface area contributed by atoms with Gasteiger partial charge in [-0.2, -0.15) is 0 Å². The molecule has 32 heavy (non-hydrogen) atoms. The lowest BCUT2D eigenvalue weighted by atomic mass is 9.90. The lowest BCUT2D eigenvalue weighted by Crippen LogP contribution is -2.16. The summed E-state index contributed by atoms with van der Waals surface area (Å²) in [7, 11) is 1.25. The van der Waals surface area contributed by atoms with Crippen molar-refractivity contribution in [2.24, 2.45) is 0 Å². The van der Waals surface area contributed by atoms with Crippen molar-refractivity contribution in [3.8, 4) is 0 Å². The average molecular weight is 454 g/mol. The molecule has 3 aromatic rings. The van der Waals surface area contributed by atoms with Crippen molar-refractivity contribution in [3.05, 3.63) is 62.6 Å². The second-order valence-electron chi connectivity index (χ2n) is 8.24. The zero-order valence-electron chi connectivity index (χ0n) is 19.1. The second kappa shape index (κ2) is 9.65. The predicted molar refractivity (Wildman–Crippen MR) is 126 cm³/mol. The number of ether oxygens (including phenoxy) is 1. The van der Waals surface area contributed by atoms with Crippen LogP contribution in [-0.4, -0.2) is 39.6 Å². The molecule has 0 aliphatic heterocycles. The number of nitrogens with one attached hydrogen (secondary N) is 1. The van der Waals surface area contributed by atoms with Crippen molar-refractivity contribution in [1.82, 2.24) is 15.0 Å². The molecule has 0 unspecified atom stereocenters. The molecule has 2 heterocycles. The molecule has 0 radical (unpaired) electrons. The summed E-state index contributed by atoms with van der Waals surface area (Å²) in [5.41, 5.74) is 3.19. The first kappa shape index (κ1) is 23.7. The van der Waals surface area contributed by atoms with E-state index >= 15 is 0 Å². The largest absolute Gasteiger partial charge is 0.465 e. The summed E-state index contributed by atoms with van der Waals surface area (Å²) in [6.45, 7) is 10.1. The Hall–Kier alpha value is -3.00. The predicted octanol–water partition coefficient (Wildman–Crippen LogP) is 4.63. The Kier molecular flexibility index (Phi) is 7.13. The van der Waals surface area contributed by atoms with E-state index in [0.717, 1.165) is 17.3 Å². The number of carbonyl (C=O) groups is 2. The topological polar surface area (TPSA) is 102 Å². The van der Waals surface area contributed by atoms with Crippen LogP contribution in [0.2, 0.25) is 0 Å². The van der Waals surface area contributed by atoms with Gasteiger partial charge in [0.1, 0.15) is 0 Å². The maximum Gasteiger partial charge on any atom is 0.338 e. The first-order valence-electron chi connectivity index (χ1n) is 10.4. The molecule has 7 nitrogen and oxygen atoms in total. The molecule has 0 fully saturated rings. The van der Waals surface area contributed by atoms with Crippen molar-refractivity contribution in [2.45, 2.75) is 51.6 Å². The number of aryl methyl sites for hydroxylation is 1. The third kappa shape index (κ3) is 4.91. The van der Waals surface area contributed by atoms with Crippen LogP contribution in [0.1, 0.15) is 77.1 Å². The molecule has 0 bridgehead atoms. The highest BCUT2D eigenvalue weighted by Gasteiger charge is 2.19. The molecule has 8 heteroatoms. The van der Waals surface area contributed by atoms with Crippen LogP contribution in [-0.2, 0) is 4.74 Å². The second-order valence-corrected chi connectivity index (χ2v) is 9.20. The summed E-state index contributed by atoms with van der Waals surface area (Å²) in [5.74, 6) is 0.0350. The minimum absolute atomic E-state index is 0.0378. The number of methoxy groups -OCH3 is 1. The first-order chi connectivity index (χ1) is 15.1. The van der Waals surface area contributed by atoms with Gasteiger partial charge in [0, 0.05) is 11.3 Å². The van der Waals surface area contributed by atoms with Gasteiger partial charge in [-0.25, -0.2) is 14.8 Å². The zero-order valence-corrected chi connectivity index (χ0v) is 19.9. The molecule has 0 spiro atoms. The Morgan fingerprint density at radius 2 is 1.78 bits per heavy atom. The molecule has 0 atom stereocenters. The number of Topliss-reactive ketones (excluding diaryl/α,β-unsaturated/α-hetero) is 1. The highest BCUT2D eigenvalue weighted by Crippen LogP contribution is 2.27. The van der Waals surface area contributed by atoms with Crippen LogP contribution in [0, 0.1) is 6.92 Å². The summed E-state index contributed by atoms with van der Waals surface area (Å²) < 4.78 is 4.77. The van der Waals surface area contributed by atoms with Crippen LogP contribution >= 0.6 is 11.8 Å². The SMILES string of the molecule is COC(=O)c1cc(C)nc2nc(SCC(=O)c3ccc(C(C)C)cc3C(C)C)[nH]c(=O)c12. The van der Waals surface area contributed by atoms with Crippen molar-refractivity contribution < 1.29 is 14.3 Å². The summed E-state index contributed by atoms with van der Waals surface area (Å²) in [6.07, 6.45) is 0. The van der Waals surface area contributed by atoms with Crippen molar-refractivity contribution >= 4 is 34.5 Å². The number of fused-ring (bicyclic) bond motifs is 1. The van der Waals surface area contributed by atoms with E-state index in [9.17, 15) is 14.4 Å². The van der Waals surface area contributed by atoms with Crippen LogP contribution in [0.4, 0.5) is 0 Å². The summed E-state index contributed by atoms with van der Waals surface area (Å²) in [5, 5.41) is 0.346. The molecule has 2 aromatic heterocycles. The van der Waals surface area contributed by atoms with Crippen LogP contribution < -0.4 is 5.56 Å². The van der Waals surface area contributed by atoms with Gasteiger partial charge in [-0.05, 0) is 36.0 Å². The van der Waals surface area contributed by atoms with Gasteiger partial charge in [-0.3, -0.25) is 9.59 Å². The monoisotopic (exact) mass is 453 g/mol. The fraction of sp³-hybridized carbons (Fsp3) is 0.375. The quantitative estimate of drug-likeness (QED) is 0.241. The number of esters is 1. The number of hydrogen-bond donors (Lipinski definition) is 1. The van der Waals surface area contributed by atoms with Gasteiger partial charge in [0.25, 0.3) is 5.56 Å². The fourth-order valence-corrected chi connectivity index (χ4v) is 4.21. The van der Waals surface area contributed by atoms with Crippen LogP contribution in [0.3, 0.4) is 0 Å². The summed E-state index contributed by atoms with van der Waals surface area (Å²) in [4.78, 5) is 49.0. The fourth-order valence-electron chi connectivity index (χ4n) is 3.47. The lowest BCUT2D eigenvalue weighted by Gasteiger charge is -2.15. The van der Waals surface area contributed by atoms with Gasteiger partial charge >= 0.3 is 5.97 Å². The van der Waals surface area contributed by atoms with Crippen LogP contribution in [0.15, 0.2) is 34.2 Å². The molecular formula is C24H27N3O4S. The first-order valence-corrected chi connectivity index (χ1v) is 11.4. The van der Waals surface area contributed by atoms with E-state index in [-0.39, 0.29) is 39.2 Å². The van der Waals surface area contributed by atoms with Crippen molar-refractivity contribution in [2.75, 3.05) is 12.9 Å². The molecule has 3 rings (SSSR count). The molecule has 0 saturated heterocycles. The lowest BCUT2D eigenvalue weighted by molar-refractivity contribution is 0.0602. The van der Waals surface area contributed by atoms with Gasteiger partial charge in [-0.15, -0.1) is 0 Å². The maximum absolute atomic E-state index is 13.0. The van der Waals surface area contributed by atoms with Gasteiger partial charge in [0.05, 0.1) is 23.8 Å². The third-order valence-corrected chi connectivity index (χ3v) is 6.07.